The second kappa shape index (κ2) is 6.98. The molecule has 116 valence electrons. The first-order valence-corrected chi connectivity index (χ1v) is 8.33. The van der Waals surface area contributed by atoms with Crippen LogP contribution >= 0.6 is 11.3 Å². The summed E-state index contributed by atoms with van der Waals surface area (Å²) in [7, 11) is 0. The van der Waals surface area contributed by atoms with Gasteiger partial charge in [-0.3, -0.25) is 4.79 Å². The molecule has 1 atom stereocenters. The maximum atomic E-state index is 12.5. The second-order valence-corrected chi connectivity index (χ2v) is 6.34. The van der Waals surface area contributed by atoms with Crippen LogP contribution in [-0.2, 0) is 11.2 Å². The van der Waals surface area contributed by atoms with Gasteiger partial charge in [-0.1, -0.05) is 0 Å². The molecule has 5 nitrogen and oxygen atoms in total. The summed E-state index contributed by atoms with van der Waals surface area (Å²) in [5.74, 6) is 0.356. The standard InChI is InChI=1S/C16H19N3O2S/c1-12-6-15(18-11-17-12)7-13-8-19(3-4-21-9-13)16(20)14-2-5-22-10-14/h2,5-6,10-11,13H,3-4,7-9H2,1H3/t13-/m1/s1. The van der Waals surface area contributed by atoms with E-state index in [4.69, 9.17) is 4.74 Å². The molecule has 0 unspecified atom stereocenters. The van der Waals surface area contributed by atoms with Crippen molar-refractivity contribution in [2.24, 2.45) is 5.92 Å². The number of aryl methyl sites for hydroxylation is 1. The van der Waals surface area contributed by atoms with Crippen LogP contribution in [0.15, 0.2) is 29.2 Å². The summed E-state index contributed by atoms with van der Waals surface area (Å²) >= 11 is 1.55. The highest BCUT2D eigenvalue weighted by atomic mass is 32.1. The van der Waals surface area contributed by atoms with Crippen LogP contribution in [0.3, 0.4) is 0 Å². The molecule has 2 aromatic heterocycles. The van der Waals surface area contributed by atoms with Crippen molar-refractivity contribution < 1.29 is 9.53 Å². The zero-order valence-electron chi connectivity index (χ0n) is 12.6. The first-order valence-electron chi connectivity index (χ1n) is 7.39. The number of hydrogen-bond acceptors (Lipinski definition) is 5. The van der Waals surface area contributed by atoms with E-state index in [0.29, 0.717) is 26.3 Å². The molecule has 3 rings (SSSR count). The van der Waals surface area contributed by atoms with Gasteiger partial charge in [0.25, 0.3) is 5.91 Å². The van der Waals surface area contributed by atoms with Gasteiger partial charge in [-0.05, 0) is 30.9 Å². The van der Waals surface area contributed by atoms with E-state index in [-0.39, 0.29) is 11.8 Å². The highest BCUT2D eigenvalue weighted by Crippen LogP contribution is 2.16. The molecular formula is C16H19N3O2S. The van der Waals surface area contributed by atoms with E-state index in [1.165, 1.54) is 0 Å². The van der Waals surface area contributed by atoms with Crippen molar-refractivity contribution in [1.82, 2.24) is 14.9 Å². The highest BCUT2D eigenvalue weighted by molar-refractivity contribution is 7.08. The van der Waals surface area contributed by atoms with Crippen molar-refractivity contribution in [2.45, 2.75) is 13.3 Å². The number of amides is 1. The monoisotopic (exact) mass is 317 g/mol. The van der Waals surface area contributed by atoms with Crippen molar-refractivity contribution in [1.29, 1.82) is 0 Å². The quantitative estimate of drug-likeness (QED) is 0.871. The molecule has 0 saturated carbocycles. The SMILES string of the molecule is Cc1cc(C[C@H]2COCCN(C(=O)c3ccsc3)C2)ncn1. The number of ether oxygens (including phenoxy) is 1. The van der Waals surface area contributed by atoms with E-state index < -0.39 is 0 Å². The topological polar surface area (TPSA) is 55.3 Å². The minimum atomic E-state index is 0.0932. The molecule has 3 heterocycles. The lowest BCUT2D eigenvalue weighted by atomic mass is 10.0. The van der Waals surface area contributed by atoms with E-state index >= 15 is 0 Å². The molecular weight excluding hydrogens is 298 g/mol. The lowest BCUT2D eigenvalue weighted by Crippen LogP contribution is -2.36. The molecule has 2 aromatic rings. The minimum absolute atomic E-state index is 0.0932. The van der Waals surface area contributed by atoms with Gasteiger partial charge in [0, 0.05) is 35.8 Å². The number of nitrogens with zero attached hydrogens (tertiary/aromatic N) is 3. The van der Waals surface area contributed by atoms with Gasteiger partial charge in [-0.2, -0.15) is 11.3 Å². The van der Waals surface area contributed by atoms with E-state index in [2.05, 4.69) is 9.97 Å². The van der Waals surface area contributed by atoms with Crippen LogP contribution in [-0.4, -0.2) is 47.1 Å². The highest BCUT2D eigenvalue weighted by Gasteiger charge is 2.24. The number of rotatable bonds is 3. The van der Waals surface area contributed by atoms with Crippen LogP contribution < -0.4 is 0 Å². The fourth-order valence-electron chi connectivity index (χ4n) is 2.67. The average molecular weight is 317 g/mol. The molecule has 1 saturated heterocycles. The summed E-state index contributed by atoms with van der Waals surface area (Å²) < 4.78 is 5.67. The second-order valence-electron chi connectivity index (χ2n) is 5.56. The molecule has 0 N–H and O–H groups in total. The van der Waals surface area contributed by atoms with E-state index in [0.717, 1.165) is 23.4 Å². The Bertz CT molecular complexity index is 630. The smallest absolute Gasteiger partial charge is 0.254 e. The number of thiophene rings is 1. The van der Waals surface area contributed by atoms with Crippen molar-refractivity contribution in [3.63, 3.8) is 0 Å². The maximum Gasteiger partial charge on any atom is 0.254 e. The molecule has 1 fully saturated rings. The van der Waals surface area contributed by atoms with Crippen LogP contribution in [0.4, 0.5) is 0 Å². The fourth-order valence-corrected chi connectivity index (χ4v) is 3.30. The summed E-state index contributed by atoms with van der Waals surface area (Å²) in [4.78, 5) is 22.9. The van der Waals surface area contributed by atoms with Gasteiger partial charge >= 0.3 is 0 Å². The third-order valence-corrected chi connectivity index (χ3v) is 4.43. The zero-order chi connectivity index (χ0) is 15.4. The van der Waals surface area contributed by atoms with E-state index in [9.17, 15) is 4.79 Å². The van der Waals surface area contributed by atoms with Gasteiger partial charge in [0.15, 0.2) is 0 Å². The predicted molar refractivity (Wildman–Crippen MR) is 85.0 cm³/mol. The number of carbonyl (C=O) groups is 1. The minimum Gasteiger partial charge on any atom is -0.379 e. The molecule has 0 spiro atoms. The van der Waals surface area contributed by atoms with Crippen molar-refractivity contribution in [3.8, 4) is 0 Å². The molecule has 0 aromatic carbocycles. The van der Waals surface area contributed by atoms with Gasteiger partial charge in [0.2, 0.25) is 0 Å². The molecule has 1 aliphatic heterocycles. The molecule has 1 aliphatic rings. The first-order chi connectivity index (χ1) is 10.7. The molecule has 0 aliphatic carbocycles. The molecule has 22 heavy (non-hydrogen) atoms. The fraction of sp³-hybridized carbons (Fsp3) is 0.438. The van der Waals surface area contributed by atoms with Crippen molar-refractivity contribution >= 4 is 17.2 Å². The van der Waals surface area contributed by atoms with Crippen LogP contribution in [0.2, 0.25) is 0 Å². The normalized spacial score (nSPS) is 19.0. The van der Waals surface area contributed by atoms with Gasteiger partial charge < -0.3 is 9.64 Å². The van der Waals surface area contributed by atoms with Gasteiger partial charge in [-0.25, -0.2) is 9.97 Å². The predicted octanol–water partition coefficient (Wildman–Crippen LogP) is 2.18. The Kier molecular flexibility index (Phi) is 4.80. The lowest BCUT2D eigenvalue weighted by Gasteiger charge is -2.23. The number of aromatic nitrogens is 2. The van der Waals surface area contributed by atoms with Crippen LogP contribution in [0, 0.1) is 12.8 Å². The van der Waals surface area contributed by atoms with Gasteiger partial charge in [0.1, 0.15) is 6.33 Å². The zero-order valence-corrected chi connectivity index (χ0v) is 13.4. The Morgan fingerprint density at radius 3 is 3.18 bits per heavy atom. The number of carbonyl (C=O) groups excluding carboxylic acids is 1. The van der Waals surface area contributed by atoms with Crippen LogP contribution in [0.1, 0.15) is 21.7 Å². The van der Waals surface area contributed by atoms with Crippen molar-refractivity contribution in [3.05, 3.63) is 46.2 Å². The summed E-state index contributed by atoms with van der Waals surface area (Å²) in [6.07, 6.45) is 2.40. The maximum absolute atomic E-state index is 12.5. The Labute approximate surface area is 134 Å². The van der Waals surface area contributed by atoms with Crippen LogP contribution in [0.5, 0.6) is 0 Å². The Morgan fingerprint density at radius 1 is 1.50 bits per heavy atom. The molecule has 0 radical (unpaired) electrons. The molecule has 6 heteroatoms. The van der Waals surface area contributed by atoms with Crippen LogP contribution in [0.25, 0.3) is 0 Å². The number of hydrogen-bond donors (Lipinski definition) is 0. The van der Waals surface area contributed by atoms with E-state index in [1.807, 2.05) is 34.7 Å². The lowest BCUT2D eigenvalue weighted by molar-refractivity contribution is 0.0738. The Hall–Kier alpha value is -1.79. The van der Waals surface area contributed by atoms with Gasteiger partial charge in [-0.15, -0.1) is 0 Å². The summed E-state index contributed by atoms with van der Waals surface area (Å²) in [5, 5.41) is 3.83. The van der Waals surface area contributed by atoms with Gasteiger partial charge in [0.05, 0.1) is 18.8 Å². The largest absolute Gasteiger partial charge is 0.379 e. The average Bonchev–Trinajstić information content (AvgIpc) is 2.94. The van der Waals surface area contributed by atoms with Crippen molar-refractivity contribution in [2.75, 3.05) is 26.3 Å². The molecule has 1 amide bonds. The third kappa shape index (κ3) is 3.69. The summed E-state index contributed by atoms with van der Waals surface area (Å²) in [6.45, 7) is 4.57. The third-order valence-electron chi connectivity index (χ3n) is 3.75. The Morgan fingerprint density at radius 2 is 2.41 bits per heavy atom. The summed E-state index contributed by atoms with van der Waals surface area (Å²) in [6, 6.07) is 3.87. The Balaban J connectivity index is 1.68. The first kappa shape index (κ1) is 15.1. The summed E-state index contributed by atoms with van der Waals surface area (Å²) in [5.41, 5.74) is 2.74. The molecule has 0 bridgehead atoms. The van der Waals surface area contributed by atoms with E-state index in [1.54, 1.807) is 17.7 Å².